The van der Waals surface area contributed by atoms with Gasteiger partial charge in [0.15, 0.2) is 5.82 Å². The third-order valence-corrected chi connectivity index (χ3v) is 4.45. The summed E-state index contributed by atoms with van der Waals surface area (Å²) >= 11 is 7.02. The first kappa shape index (κ1) is 18.4. The number of benzene rings is 1. The molecule has 1 heterocycles. The van der Waals surface area contributed by atoms with Crippen LogP contribution in [0.1, 0.15) is 11.1 Å². The summed E-state index contributed by atoms with van der Waals surface area (Å²) in [5.41, 5.74) is -3.12. The van der Waals surface area contributed by atoms with Crippen molar-refractivity contribution < 1.29 is 17.6 Å². The van der Waals surface area contributed by atoms with E-state index in [-0.39, 0.29) is 16.5 Å². The van der Waals surface area contributed by atoms with Gasteiger partial charge in [-0.1, -0.05) is 17.5 Å². The van der Waals surface area contributed by atoms with Gasteiger partial charge in [-0.3, -0.25) is 4.79 Å². The van der Waals surface area contributed by atoms with E-state index >= 15 is 0 Å². The van der Waals surface area contributed by atoms with Gasteiger partial charge in [-0.2, -0.15) is 23.0 Å². The highest BCUT2D eigenvalue weighted by molar-refractivity contribution is 7.99. The summed E-state index contributed by atoms with van der Waals surface area (Å²) in [4.78, 5) is 12.5. The van der Waals surface area contributed by atoms with Crippen molar-refractivity contribution in [2.45, 2.75) is 18.0 Å². The lowest BCUT2D eigenvalue weighted by molar-refractivity contribution is -0.138. The van der Waals surface area contributed by atoms with E-state index < -0.39 is 28.7 Å². The fourth-order valence-corrected chi connectivity index (χ4v) is 2.85. The topological polar surface area (TPSA) is 34.9 Å². The van der Waals surface area contributed by atoms with Gasteiger partial charge >= 0.3 is 6.18 Å². The predicted octanol–water partition coefficient (Wildman–Crippen LogP) is 4.08. The maximum atomic E-state index is 14.1. The number of rotatable bonds is 3. The van der Waals surface area contributed by atoms with Crippen molar-refractivity contribution in [2.75, 3.05) is 5.75 Å². The van der Waals surface area contributed by atoms with E-state index in [9.17, 15) is 22.4 Å². The highest BCUT2D eigenvalue weighted by Gasteiger charge is 2.34. The van der Waals surface area contributed by atoms with Crippen LogP contribution in [0.25, 0.3) is 5.69 Å². The van der Waals surface area contributed by atoms with Crippen LogP contribution in [0.5, 0.6) is 0 Å². The van der Waals surface area contributed by atoms with Crippen molar-refractivity contribution >= 4 is 23.4 Å². The molecule has 0 saturated carbocycles. The Kier molecular flexibility index (Phi) is 5.26. The van der Waals surface area contributed by atoms with Crippen molar-refractivity contribution in [2.24, 2.45) is 0 Å². The molecule has 0 amide bonds. The number of thioether (sulfide) groups is 1. The molecule has 3 nitrogen and oxygen atoms in total. The smallest absolute Gasteiger partial charge is 0.267 e. The Morgan fingerprint density at radius 1 is 1.42 bits per heavy atom. The monoisotopic (exact) mass is 376 g/mol. The van der Waals surface area contributed by atoms with Crippen LogP contribution in [-0.4, -0.2) is 15.5 Å². The Hall–Kier alpha value is -1.98. The molecule has 0 atom stereocenters. The Morgan fingerprint density at radius 2 is 2.08 bits per heavy atom. The van der Waals surface area contributed by atoms with Crippen LogP contribution in [0.2, 0.25) is 5.02 Å². The van der Waals surface area contributed by atoms with Crippen LogP contribution >= 0.6 is 23.4 Å². The summed E-state index contributed by atoms with van der Waals surface area (Å²) in [6, 6.07) is 2.18. The van der Waals surface area contributed by atoms with Crippen molar-refractivity contribution in [3.05, 3.63) is 50.7 Å². The first-order valence-corrected chi connectivity index (χ1v) is 7.75. The molecule has 9 heteroatoms. The first-order chi connectivity index (χ1) is 11.2. The van der Waals surface area contributed by atoms with E-state index in [1.165, 1.54) is 6.07 Å². The summed E-state index contributed by atoms with van der Waals surface area (Å²) in [7, 11) is 0. The Balaban J connectivity index is 2.63. The minimum Gasteiger partial charge on any atom is -0.267 e. The second-order valence-electron chi connectivity index (χ2n) is 4.62. The normalized spacial score (nSPS) is 11.4. The van der Waals surface area contributed by atoms with Gasteiger partial charge in [0.2, 0.25) is 0 Å². The van der Waals surface area contributed by atoms with Crippen molar-refractivity contribution in [3.63, 3.8) is 0 Å². The Bertz CT molecular complexity index is 887. The molecule has 2 aromatic rings. The Morgan fingerprint density at radius 3 is 2.67 bits per heavy atom. The average Bonchev–Trinajstić information content (AvgIpc) is 2.48. The number of aromatic nitrogens is 2. The van der Waals surface area contributed by atoms with E-state index in [0.717, 1.165) is 24.8 Å². The zero-order valence-corrected chi connectivity index (χ0v) is 13.7. The predicted molar refractivity (Wildman–Crippen MR) is 84.1 cm³/mol. The number of nitrogens with zero attached hydrogens (tertiary/aromatic N) is 2. The number of terminal acetylenes is 1. The molecule has 0 aliphatic heterocycles. The second kappa shape index (κ2) is 6.87. The van der Waals surface area contributed by atoms with Crippen LogP contribution in [0.3, 0.4) is 0 Å². The molecule has 0 spiro atoms. The zero-order chi connectivity index (χ0) is 18.1. The lowest BCUT2D eigenvalue weighted by Gasteiger charge is -2.13. The summed E-state index contributed by atoms with van der Waals surface area (Å²) in [5, 5.41) is 3.52. The van der Waals surface area contributed by atoms with Gasteiger partial charge in [0, 0.05) is 10.5 Å². The third kappa shape index (κ3) is 3.57. The number of hydrogen-bond donors (Lipinski definition) is 0. The van der Waals surface area contributed by atoms with Gasteiger partial charge in [-0.05, 0) is 19.1 Å². The van der Waals surface area contributed by atoms with E-state index in [2.05, 4.69) is 11.0 Å². The van der Waals surface area contributed by atoms with Gasteiger partial charge in [0.05, 0.1) is 22.5 Å². The fraction of sp³-hybridized carbons (Fsp3) is 0.200. The SMILES string of the molecule is C#CCSc1cc(-n2ncc(C(F)(F)F)c(C)c2=O)c(F)cc1Cl. The second-order valence-corrected chi connectivity index (χ2v) is 6.05. The molecule has 126 valence electrons. The molecular formula is C15H9ClF4N2OS. The van der Waals surface area contributed by atoms with E-state index in [1.54, 1.807) is 0 Å². The highest BCUT2D eigenvalue weighted by atomic mass is 35.5. The van der Waals surface area contributed by atoms with Crippen LogP contribution in [0.4, 0.5) is 17.6 Å². The molecule has 1 aromatic carbocycles. The first-order valence-electron chi connectivity index (χ1n) is 6.38. The number of hydrogen-bond acceptors (Lipinski definition) is 3. The maximum absolute atomic E-state index is 14.1. The molecule has 1 aromatic heterocycles. The number of halogens is 5. The summed E-state index contributed by atoms with van der Waals surface area (Å²) < 4.78 is 53.1. The summed E-state index contributed by atoms with van der Waals surface area (Å²) in [5.74, 6) is 1.72. The molecule has 0 unspecified atom stereocenters. The van der Waals surface area contributed by atoms with Crippen LogP contribution in [0.15, 0.2) is 28.0 Å². The molecule has 0 aliphatic carbocycles. The summed E-state index contributed by atoms with van der Waals surface area (Å²) in [6.07, 6.45) is 0.909. The molecule has 0 radical (unpaired) electrons. The fourth-order valence-electron chi connectivity index (χ4n) is 1.91. The molecule has 0 aliphatic rings. The van der Waals surface area contributed by atoms with Crippen LogP contribution in [0, 0.1) is 25.1 Å². The Labute approximate surface area is 143 Å². The lowest BCUT2D eigenvalue weighted by Crippen LogP contribution is -2.27. The third-order valence-electron chi connectivity index (χ3n) is 3.07. The van der Waals surface area contributed by atoms with Gasteiger partial charge in [-0.25, -0.2) is 4.39 Å². The van der Waals surface area contributed by atoms with Crippen molar-refractivity contribution in [1.82, 2.24) is 9.78 Å². The zero-order valence-electron chi connectivity index (χ0n) is 12.1. The van der Waals surface area contributed by atoms with Gasteiger partial charge in [0.25, 0.3) is 5.56 Å². The average molecular weight is 377 g/mol. The minimum absolute atomic E-state index is 0.0770. The van der Waals surface area contributed by atoms with E-state index in [1.807, 2.05) is 0 Å². The van der Waals surface area contributed by atoms with Gasteiger partial charge in [-0.15, -0.1) is 18.2 Å². The minimum atomic E-state index is -4.72. The van der Waals surface area contributed by atoms with E-state index in [4.69, 9.17) is 18.0 Å². The molecule has 24 heavy (non-hydrogen) atoms. The highest BCUT2D eigenvalue weighted by Crippen LogP contribution is 2.32. The molecular weight excluding hydrogens is 368 g/mol. The molecule has 2 rings (SSSR count). The number of alkyl halides is 3. The van der Waals surface area contributed by atoms with Gasteiger partial charge < -0.3 is 0 Å². The van der Waals surface area contributed by atoms with Gasteiger partial charge in [0.1, 0.15) is 5.69 Å². The largest absolute Gasteiger partial charge is 0.418 e. The van der Waals surface area contributed by atoms with Crippen molar-refractivity contribution in [1.29, 1.82) is 0 Å². The lowest BCUT2D eigenvalue weighted by atomic mass is 10.2. The molecule has 0 fully saturated rings. The van der Waals surface area contributed by atoms with E-state index in [0.29, 0.717) is 15.8 Å². The standard InChI is InChI=1S/C15H9ClF4N2OS/c1-3-4-24-13-6-12(11(17)5-10(13)16)22-14(23)8(2)9(7-21-22)15(18,19)20/h1,5-7H,4H2,2H3. The van der Waals surface area contributed by atoms with Crippen molar-refractivity contribution in [3.8, 4) is 18.0 Å². The maximum Gasteiger partial charge on any atom is 0.418 e. The molecule has 0 bridgehead atoms. The molecule has 0 N–H and O–H groups in total. The van der Waals surface area contributed by atoms with Crippen LogP contribution < -0.4 is 5.56 Å². The molecule has 0 saturated heterocycles. The quantitative estimate of drug-likeness (QED) is 0.460. The van der Waals surface area contributed by atoms with Crippen LogP contribution in [-0.2, 0) is 6.18 Å². The summed E-state index contributed by atoms with van der Waals surface area (Å²) in [6.45, 7) is 1.01.